The number of rotatable bonds is 17. The molecule has 3 heteroatoms. The molecule has 0 saturated heterocycles. The van der Waals surface area contributed by atoms with Gasteiger partial charge in [-0.25, -0.2) is 0 Å². The Morgan fingerprint density at radius 2 is 1.33 bits per heavy atom. The Morgan fingerprint density at radius 3 is 1.82 bits per heavy atom. The van der Waals surface area contributed by atoms with Crippen LogP contribution in [-0.4, -0.2) is 17.3 Å². The van der Waals surface area contributed by atoms with Gasteiger partial charge in [-0.15, -0.1) is 0 Å². The first-order valence-corrected chi connectivity index (χ1v) is 17.9. The molecule has 2 aliphatic rings. The molecule has 256 valence electrons. The average Bonchev–Trinajstić information content (AvgIpc) is 3.16. The SMILES string of the molecule is C=C(CCCC(=C)C(=O)C(CC(=O)[C@H]1C(C(=O)C(CC(=C)CC(C)(C)C)C(C)(C)C)CC2C1C2(C)C)CC(C)C)CC(C)(C)C. The molecule has 0 radical (unpaired) electrons. The first kappa shape index (κ1) is 39.4. The molecule has 0 heterocycles. The summed E-state index contributed by atoms with van der Waals surface area (Å²) in [6, 6.07) is 0. The Morgan fingerprint density at radius 1 is 0.800 bits per heavy atom. The Bertz CT molecular complexity index is 1130. The van der Waals surface area contributed by atoms with Crippen LogP contribution in [0.25, 0.3) is 0 Å². The van der Waals surface area contributed by atoms with Gasteiger partial charge in [-0.2, -0.15) is 0 Å². The van der Waals surface area contributed by atoms with Gasteiger partial charge >= 0.3 is 0 Å². The van der Waals surface area contributed by atoms with E-state index in [1.165, 1.54) is 5.57 Å². The van der Waals surface area contributed by atoms with Crippen molar-refractivity contribution in [1.29, 1.82) is 0 Å². The fourth-order valence-electron chi connectivity index (χ4n) is 8.57. The van der Waals surface area contributed by atoms with Gasteiger partial charge in [-0.1, -0.05) is 121 Å². The van der Waals surface area contributed by atoms with Crippen LogP contribution < -0.4 is 0 Å². The third-order valence-corrected chi connectivity index (χ3v) is 10.6. The molecule has 0 N–H and O–H groups in total. The molecule has 2 fully saturated rings. The molecular weight excluding hydrogens is 552 g/mol. The van der Waals surface area contributed by atoms with E-state index in [4.69, 9.17) is 0 Å². The van der Waals surface area contributed by atoms with Crippen molar-refractivity contribution in [3.63, 3.8) is 0 Å². The first-order valence-electron chi connectivity index (χ1n) is 17.9. The van der Waals surface area contributed by atoms with Crippen LogP contribution in [0.15, 0.2) is 36.5 Å². The average molecular weight is 623 g/mol. The predicted molar refractivity (Wildman–Crippen MR) is 192 cm³/mol. The lowest BCUT2D eigenvalue weighted by Crippen LogP contribution is -2.40. The van der Waals surface area contributed by atoms with E-state index in [1.54, 1.807) is 0 Å². The van der Waals surface area contributed by atoms with E-state index in [9.17, 15) is 14.4 Å². The van der Waals surface area contributed by atoms with Crippen molar-refractivity contribution >= 4 is 17.3 Å². The highest BCUT2D eigenvalue weighted by molar-refractivity contribution is 6.00. The van der Waals surface area contributed by atoms with Crippen LogP contribution in [0.5, 0.6) is 0 Å². The lowest BCUT2D eigenvalue weighted by Gasteiger charge is -2.36. The maximum absolute atomic E-state index is 14.5. The van der Waals surface area contributed by atoms with Crippen LogP contribution in [-0.2, 0) is 14.4 Å². The summed E-state index contributed by atoms with van der Waals surface area (Å²) in [5.74, 6) is 0.211. The molecule has 0 aromatic rings. The highest BCUT2D eigenvalue weighted by Crippen LogP contribution is 2.71. The van der Waals surface area contributed by atoms with Crippen molar-refractivity contribution < 1.29 is 14.4 Å². The maximum Gasteiger partial charge on any atom is 0.161 e. The normalized spacial score (nSPS) is 24.1. The van der Waals surface area contributed by atoms with Gasteiger partial charge in [0.2, 0.25) is 0 Å². The minimum atomic E-state index is -0.371. The molecule has 0 bridgehead atoms. The molecule has 3 nitrogen and oxygen atoms in total. The maximum atomic E-state index is 14.5. The number of carbonyl (C=O) groups excluding carboxylic acids is 3. The third-order valence-electron chi connectivity index (χ3n) is 10.6. The molecule has 0 aromatic heterocycles. The zero-order valence-electron chi connectivity index (χ0n) is 31.8. The zero-order valence-corrected chi connectivity index (χ0v) is 31.8. The van der Waals surface area contributed by atoms with Gasteiger partial charge in [0.05, 0.1) is 0 Å². The molecule has 45 heavy (non-hydrogen) atoms. The van der Waals surface area contributed by atoms with Crippen molar-refractivity contribution in [3.05, 3.63) is 36.5 Å². The van der Waals surface area contributed by atoms with E-state index >= 15 is 0 Å². The van der Waals surface area contributed by atoms with Gasteiger partial charge in [0, 0.05) is 30.1 Å². The van der Waals surface area contributed by atoms with Crippen molar-refractivity contribution in [2.45, 2.75) is 148 Å². The second-order valence-corrected chi connectivity index (χ2v) is 19.6. The van der Waals surface area contributed by atoms with Crippen molar-refractivity contribution in [1.82, 2.24) is 0 Å². The number of allylic oxidation sites excluding steroid dienone is 3. The standard InChI is InChI=1S/C42H70O3/c1-26(2)20-30(37(44)29(5)19-17-18-27(3)24-39(6,7)8)22-34(43)35-31(23-32-36(35)42(32,15)16)38(45)33(41(12,13)14)21-28(4)25-40(9,10)11/h26,30-33,35-36H,3-5,17-25H2,1-2,6-16H3/t30?,31?,32?,33?,35-,36?/m1/s1. The number of carbonyl (C=O) groups is 3. The van der Waals surface area contributed by atoms with E-state index < -0.39 is 0 Å². The molecule has 2 saturated carbocycles. The summed E-state index contributed by atoms with van der Waals surface area (Å²) in [7, 11) is 0. The van der Waals surface area contributed by atoms with Gasteiger partial charge in [0.1, 0.15) is 11.6 Å². The second-order valence-electron chi connectivity index (χ2n) is 19.6. The highest BCUT2D eigenvalue weighted by Gasteiger charge is 2.69. The van der Waals surface area contributed by atoms with E-state index in [0.29, 0.717) is 30.8 Å². The molecule has 2 rings (SSSR count). The largest absolute Gasteiger partial charge is 0.299 e. The zero-order chi connectivity index (χ0) is 34.9. The van der Waals surface area contributed by atoms with Gasteiger partial charge in [-0.05, 0) is 96.4 Å². The van der Waals surface area contributed by atoms with E-state index in [2.05, 4.69) is 110 Å². The third kappa shape index (κ3) is 11.2. The summed E-state index contributed by atoms with van der Waals surface area (Å²) in [6.45, 7) is 41.3. The van der Waals surface area contributed by atoms with Gasteiger partial charge < -0.3 is 0 Å². The second kappa shape index (κ2) is 14.6. The monoisotopic (exact) mass is 623 g/mol. The molecule has 2 aliphatic carbocycles. The summed E-state index contributed by atoms with van der Waals surface area (Å²) in [4.78, 5) is 42.6. The summed E-state index contributed by atoms with van der Waals surface area (Å²) < 4.78 is 0. The smallest absolute Gasteiger partial charge is 0.161 e. The topological polar surface area (TPSA) is 51.2 Å². The van der Waals surface area contributed by atoms with Gasteiger partial charge in [0.25, 0.3) is 0 Å². The van der Waals surface area contributed by atoms with Gasteiger partial charge in [-0.3, -0.25) is 14.4 Å². The fraction of sp³-hybridized carbons (Fsp3) is 0.786. The number of hydrogen-bond acceptors (Lipinski definition) is 3. The van der Waals surface area contributed by atoms with Crippen LogP contribution in [0.4, 0.5) is 0 Å². The lowest BCUT2D eigenvalue weighted by molar-refractivity contribution is -0.138. The summed E-state index contributed by atoms with van der Waals surface area (Å²) in [6.07, 6.45) is 6.58. The number of ketones is 3. The summed E-state index contributed by atoms with van der Waals surface area (Å²) >= 11 is 0. The Balaban J connectivity index is 2.24. The Hall–Kier alpha value is -1.77. The number of fused-ring (bicyclic) bond motifs is 1. The molecule has 5 unspecified atom stereocenters. The quantitative estimate of drug-likeness (QED) is 0.120. The predicted octanol–water partition coefficient (Wildman–Crippen LogP) is 11.4. The minimum absolute atomic E-state index is 0.0389. The van der Waals surface area contributed by atoms with Crippen molar-refractivity contribution in [3.8, 4) is 0 Å². The molecular formula is C42H70O3. The summed E-state index contributed by atoms with van der Waals surface area (Å²) in [5, 5.41) is 0. The number of Topliss-reactive ketones (excluding diaryl/α,β-unsaturated/α-hetero) is 3. The van der Waals surface area contributed by atoms with Crippen LogP contribution in [0, 0.1) is 63.1 Å². The van der Waals surface area contributed by atoms with Crippen molar-refractivity contribution in [2.75, 3.05) is 0 Å². The highest BCUT2D eigenvalue weighted by atomic mass is 16.1. The Labute approximate surface area is 278 Å². The van der Waals surface area contributed by atoms with Gasteiger partial charge in [0.15, 0.2) is 5.78 Å². The molecule has 6 atom stereocenters. The van der Waals surface area contributed by atoms with Crippen LogP contribution in [0.1, 0.15) is 148 Å². The lowest BCUT2D eigenvalue weighted by atomic mass is 9.67. The van der Waals surface area contributed by atoms with Crippen LogP contribution in [0.3, 0.4) is 0 Å². The van der Waals surface area contributed by atoms with Crippen molar-refractivity contribution in [2.24, 2.45) is 63.1 Å². The van der Waals surface area contributed by atoms with Crippen LogP contribution >= 0.6 is 0 Å². The molecule has 0 spiro atoms. The number of hydrogen-bond donors (Lipinski definition) is 0. The Kier molecular flexibility index (Phi) is 12.7. The first-order chi connectivity index (χ1) is 20.3. The van der Waals surface area contributed by atoms with E-state index in [0.717, 1.165) is 37.7 Å². The molecule has 0 aromatic carbocycles. The molecule has 0 amide bonds. The summed E-state index contributed by atoms with van der Waals surface area (Å²) in [5.41, 5.74) is 3.12. The minimum Gasteiger partial charge on any atom is -0.299 e. The van der Waals surface area contributed by atoms with E-state index in [-0.39, 0.29) is 80.9 Å². The van der Waals surface area contributed by atoms with E-state index in [1.807, 2.05) is 0 Å². The molecule has 0 aliphatic heterocycles. The van der Waals surface area contributed by atoms with Crippen LogP contribution in [0.2, 0.25) is 0 Å². The fourth-order valence-corrected chi connectivity index (χ4v) is 8.57.